The fourth-order valence-electron chi connectivity index (χ4n) is 3.06. The molecule has 1 unspecified atom stereocenters. The number of aromatic nitrogens is 2. The largest absolute Gasteiger partial charge is 0.497 e. The van der Waals surface area contributed by atoms with Gasteiger partial charge >= 0.3 is 0 Å². The van der Waals surface area contributed by atoms with Gasteiger partial charge < -0.3 is 14.6 Å². The molecule has 0 saturated carbocycles. The maximum atomic E-state index is 13.2. The van der Waals surface area contributed by atoms with E-state index >= 15 is 0 Å². The molecule has 2 heterocycles. The van der Waals surface area contributed by atoms with Crippen LogP contribution in [-0.2, 0) is 17.1 Å². The summed E-state index contributed by atoms with van der Waals surface area (Å²) in [7, 11) is -0.184. The van der Waals surface area contributed by atoms with Gasteiger partial charge in [0.25, 0.3) is 0 Å². The molecule has 2 aromatic rings. The van der Waals surface area contributed by atoms with Crippen molar-refractivity contribution in [2.45, 2.75) is 17.9 Å². The topological polar surface area (TPSA) is 76.5 Å². The van der Waals surface area contributed by atoms with E-state index in [0.29, 0.717) is 35.8 Å². The molecule has 1 aliphatic heterocycles. The van der Waals surface area contributed by atoms with Crippen molar-refractivity contribution in [2.75, 3.05) is 26.7 Å². The fourth-order valence-corrected chi connectivity index (χ4v) is 4.85. The van der Waals surface area contributed by atoms with Gasteiger partial charge in [0.05, 0.1) is 18.0 Å². The summed E-state index contributed by atoms with van der Waals surface area (Å²) in [5.41, 5.74) is 0.673. The number of methoxy groups -OCH3 is 1. The van der Waals surface area contributed by atoms with Crippen molar-refractivity contribution in [1.82, 2.24) is 19.2 Å². The van der Waals surface area contributed by atoms with E-state index < -0.39 is 10.0 Å². The lowest BCUT2D eigenvalue weighted by Crippen LogP contribution is -2.49. The van der Waals surface area contributed by atoms with E-state index in [1.54, 1.807) is 42.7 Å². The zero-order valence-electron chi connectivity index (χ0n) is 14.5. The number of piperazine rings is 1. The van der Waals surface area contributed by atoms with Crippen molar-refractivity contribution in [3.05, 3.63) is 42.0 Å². The number of halogens is 1. The average Bonchev–Trinajstić information content (AvgIpc) is 3.00. The van der Waals surface area contributed by atoms with E-state index in [9.17, 15) is 8.42 Å². The first-order chi connectivity index (χ1) is 11.4. The fraction of sp³-hybridized carbons (Fsp3) is 0.438. The van der Waals surface area contributed by atoms with Crippen LogP contribution in [0, 0.1) is 6.92 Å². The van der Waals surface area contributed by atoms with E-state index in [-0.39, 0.29) is 18.4 Å². The van der Waals surface area contributed by atoms with Crippen LogP contribution < -0.4 is 10.1 Å². The molecular weight excluding hydrogens is 364 g/mol. The van der Waals surface area contributed by atoms with E-state index in [0.717, 1.165) is 5.82 Å². The Labute approximate surface area is 154 Å². The summed E-state index contributed by atoms with van der Waals surface area (Å²) in [4.78, 5) is 4.65. The number of rotatable bonds is 4. The van der Waals surface area contributed by atoms with Gasteiger partial charge in [-0.1, -0.05) is 0 Å². The Hall–Kier alpha value is -1.61. The lowest BCUT2D eigenvalue weighted by atomic mass is 10.2. The van der Waals surface area contributed by atoms with E-state index in [2.05, 4.69) is 10.3 Å². The first-order valence-electron chi connectivity index (χ1n) is 7.79. The van der Waals surface area contributed by atoms with Gasteiger partial charge in [-0.2, -0.15) is 4.31 Å². The Morgan fingerprint density at radius 3 is 2.72 bits per heavy atom. The maximum Gasteiger partial charge on any atom is 0.244 e. The van der Waals surface area contributed by atoms with Gasteiger partial charge in [0, 0.05) is 39.1 Å². The van der Waals surface area contributed by atoms with Crippen molar-refractivity contribution in [2.24, 2.45) is 7.05 Å². The SMILES string of the molecule is COc1ccc(S(=O)(=O)N2CCNCC2c2nccn2C)c(C)c1.Cl. The van der Waals surface area contributed by atoms with Gasteiger partial charge in [0.2, 0.25) is 10.0 Å². The monoisotopic (exact) mass is 386 g/mol. The van der Waals surface area contributed by atoms with Crippen LogP contribution in [-0.4, -0.2) is 49.0 Å². The van der Waals surface area contributed by atoms with Crippen molar-refractivity contribution < 1.29 is 13.2 Å². The standard InChI is InChI=1S/C16H22N4O3S.ClH/c1-12-10-13(23-3)4-5-15(12)24(21,22)20-9-6-17-11-14(20)16-18-7-8-19(16)2;/h4-5,7-8,10,14,17H,6,9,11H2,1-3H3;1H. The molecule has 138 valence electrons. The third-order valence-electron chi connectivity index (χ3n) is 4.32. The molecule has 0 bridgehead atoms. The molecule has 0 spiro atoms. The summed E-state index contributed by atoms with van der Waals surface area (Å²) in [6, 6.07) is 4.70. The lowest BCUT2D eigenvalue weighted by molar-refractivity contribution is 0.258. The molecule has 1 saturated heterocycles. The second-order valence-electron chi connectivity index (χ2n) is 5.86. The first kappa shape index (κ1) is 19.7. The number of benzene rings is 1. The molecule has 1 aliphatic rings. The molecule has 25 heavy (non-hydrogen) atoms. The highest BCUT2D eigenvalue weighted by molar-refractivity contribution is 7.89. The van der Waals surface area contributed by atoms with Crippen molar-refractivity contribution >= 4 is 22.4 Å². The Morgan fingerprint density at radius 2 is 2.12 bits per heavy atom. The molecule has 1 N–H and O–H groups in total. The van der Waals surface area contributed by atoms with Gasteiger partial charge in [-0.3, -0.25) is 0 Å². The number of hydrogen-bond acceptors (Lipinski definition) is 5. The summed E-state index contributed by atoms with van der Waals surface area (Å²) in [6.45, 7) is 3.35. The number of hydrogen-bond donors (Lipinski definition) is 1. The molecule has 1 aromatic carbocycles. The summed E-state index contributed by atoms with van der Waals surface area (Å²) < 4.78 is 35.1. The first-order valence-corrected chi connectivity index (χ1v) is 9.23. The van der Waals surface area contributed by atoms with Gasteiger partial charge in [0.15, 0.2) is 0 Å². The van der Waals surface area contributed by atoms with E-state index in [1.807, 2.05) is 17.8 Å². The number of imidazole rings is 1. The van der Waals surface area contributed by atoms with Crippen LogP contribution in [0.5, 0.6) is 5.75 Å². The highest BCUT2D eigenvalue weighted by Gasteiger charge is 2.37. The molecule has 0 amide bonds. The minimum atomic E-state index is -3.63. The van der Waals surface area contributed by atoms with E-state index in [4.69, 9.17) is 4.74 Å². The second kappa shape index (κ2) is 7.74. The molecule has 0 radical (unpaired) electrons. The summed E-state index contributed by atoms with van der Waals surface area (Å²) >= 11 is 0. The predicted molar refractivity (Wildman–Crippen MR) is 97.7 cm³/mol. The van der Waals surface area contributed by atoms with Crippen LogP contribution in [0.3, 0.4) is 0 Å². The molecule has 1 atom stereocenters. The van der Waals surface area contributed by atoms with Gasteiger partial charge in [-0.25, -0.2) is 13.4 Å². The minimum Gasteiger partial charge on any atom is -0.497 e. The molecule has 1 fully saturated rings. The number of aryl methyl sites for hydroxylation is 2. The average molecular weight is 387 g/mol. The molecule has 0 aliphatic carbocycles. The number of nitrogens with one attached hydrogen (secondary N) is 1. The van der Waals surface area contributed by atoms with Crippen molar-refractivity contribution in [1.29, 1.82) is 0 Å². The minimum absolute atomic E-state index is 0. The molecule has 1 aromatic heterocycles. The van der Waals surface area contributed by atoms with Gasteiger partial charge in [0.1, 0.15) is 11.6 Å². The van der Waals surface area contributed by atoms with Gasteiger partial charge in [-0.05, 0) is 30.7 Å². The van der Waals surface area contributed by atoms with Crippen LogP contribution in [0.1, 0.15) is 17.4 Å². The van der Waals surface area contributed by atoms with Crippen molar-refractivity contribution in [3.63, 3.8) is 0 Å². The maximum absolute atomic E-state index is 13.2. The second-order valence-corrected chi connectivity index (χ2v) is 7.72. The Kier molecular flexibility index (Phi) is 6.10. The predicted octanol–water partition coefficient (Wildman–Crippen LogP) is 1.49. The quantitative estimate of drug-likeness (QED) is 0.861. The summed E-state index contributed by atoms with van der Waals surface area (Å²) in [5, 5.41) is 3.26. The van der Waals surface area contributed by atoms with Crippen molar-refractivity contribution in [3.8, 4) is 5.75 Å². The summed E-state index contributed by atoms with van der Waals surface area (Å²) in [6.07, 6.45) is 3.51. The molecule has 7 nitrogen and oxygen atoms in total. The van der Waals surface area contributed by atoms with Crippen LogP contribution in [0.4, 0.5) is 0 Å². The number of sulfonamides is 1. The Bertz CT molecular complexity index is 838. The normalized spacial score (nSPS) is 18.6. The lowest BCUT2D eigenvalue weighted by Gasteiger charge is -2.35. The van der Waals surface area contributed by atoms with Crippen LogP contribution in [0.2, 0.25) is 0 Å². The smallest absolute Gasteiger partial charge is 0.244 e. The number of nitrogens with zero attached hydrogens (tertiary/aromatic N) is 3. The molecule has 9 heteroatoms. The van der Waals surface area contributed by atoms with Crippen LogP contribution in [0.25, 0.3) is 0 Å². The van der Waals surface area contributed by atoms with Crippen LogP contribution >= 0.6 is 12.4 Å². The Balaban J connectivity index is 0.00000225. The molecule has 3 rings (SSSR count). The van der Waals surface area contributed by atoms with E-state index in [1.165, 1.54) is 0 Å². The highest BCUT2D eigenvalue weighted by atomic mass is 35.5. The van der Waals surface area contributed by atoms with Crippen LogP contribution in [0.15, 0.2) is 35.5 Å². The zero-order valence-corrected chi connectivity index (χ0v) is 16.1. The Morgan fingerprint density at radius 1 is 1.36 bits per heavy atom. The third-order valence-corrected chi connectivity index (χ3v) is 6.39. The third kappa shape index (κ3) is 3.67. The molecular formula is C16H23ClN4O3S. The zero-order chi connectivity index (χ0) is 17.3. The van der Waals surface area contributed by atoms with Gasteiger partial charge in [-0.15, -0.1) is 12.4 Å². The number of ether oxygens (including phenoxy) is 1. The highest BCUT2D eigenvalue weighted by Crippen LogP contribution is 2.30. The summed E-state index contributed by atoms with van der Waals surface area (Å²) in [5.74, 6) is 1.38.